The number of carbonyl (C=O) groups is 1. The van der Waals surface area contributed by atoms with Crippen LogP contribution in [0.2, 0.25) is 0 Å². The van der Waals surface area contributed by atoms with Gasteiger partial charge >= 0.3 is 0 Å². The van der Waals surface area contributed by atoms with Crippen molar-refractivity contribution in [3.63, 3.8) is 0 Å². The Balaban J connectivity index is 1.82. The Morgan fingerprint density at radius 3 is 2.75 bits per heavy atom. The number of nitrogens with two attached hydrogens (primary N) is 1. The maximum atomic E-state index is 11.8. The lowest BCUT2D eigenvalue weighted by Gasteiger charge is -2.07. The first-order valence-electron chi connectivity index (χ1n) is 6.65. The number of carbonyl (C=O) groups excluding carboxylic acids is 1. The SMILES string of the molecule is Cc1c(CNC(=O)CCc2ccccc2N)cnn1C. The summed E-state index contributed by atoms with van der Waals surface area (Å²) >= 11 is 0. The Kier molecular flexibility index (Phi) is 4.40. The smallest absolute Gasteiger partial charge is 0.220 e. The summed E-state index contributed by atoms with van der Waals surface area (Å²) in [5, 5.41) is 7.06. The average molecular weight is 272 g/mol. The molecule has 2 aromatic rings. The van der Waals surface area contributed by atoms with Crippen LogP contribution in [0.5, 0.6) is 0 Å². The van der Waals surface area contributed by atoms with Gasteiger partial charge in [0.25, 0.3) is 0 Å². The van der Waals surface area contributed by atoms with Crippen LogP contribution in [0.3, 0.4) is 0 Å². The number of nitrogen functional groups attached to an aromatic ring is 1. The number of rotatable bonds is 5. The second kappa shape index (κ2) is 6.23. The highest BCUT2D eigenvalue weighted by molar-refractivity contribution is 5.76. The van der Waals surface area contributed by atoms with E-state index in [0.717, 1.165) is 22.5 Å². The fourth-order valence-corrected chi connectivity index (χ4v) is 2.01. The number of amides is 1. The predicted molar refractivity (Wildman–Crippen MR) is 79.0 cm³/mol. The van der Waals surface area contributed by atoms with E-state index in [1.807, 2.05) is 38.2 Å². The van der Waals surface area contributed by atoms with Gasteiger partial charge in [0.15, 0.2) is 0 Å². The molecule has 5 nitrogen and oxygen atoms in total. The molecule has 1 amide bonds. The van der Waals surface area contributed by atoms with Crippen molar-refractivity contribution in [2.75, 3.05) is 5.73 Å². The third kappa shape index (κ3) is 3.38. The summed E-state index contributed by atoms with van der Waals surface area (Å²) in [7, 11) is 1.89. The summed E-state index contributed by atoms with van der Waals surface area (Å²) in [5.41, 5.74) is 9.71. The number of hydrogen-bond donors (Lipinski definition) is 2. The molecule has 2 rings (SSSR count). The Morgan fingerprint density at radius 1 is 1.35 bits per heavy atom. The van der Waals surface area contributed by atoms with Gasteiger partial charge in [0.2, 0.25) is 5.91 Å². The lowest BCUT2D eigenvalue weighted by molar-refractivity contribution is -0.121. The van der Waals surface area contributed by atoms with Crippen LogP contribution in [0, 0.1) is 6.92 Å². The highest BCUT2D eigenvalue weighted by Crippen LogP contribution is 2.12. The number of nitrogens with zero attached hydrogens (tertiary/aromatic N) is 2. The number of aromatic nitrogens is 2. The lowest BCUT2D eigenvalue weighted by Crippen LogP contribution is -2.23. The van der Waals surface area contributed by atoms with E-state index in [4.69, 9.17) is 5.73 Å². The summed E-state index contributed by atoms with van der Waals surface area (Å²) in [6.07, 6.45) is 2.88. The molecule has 0 spiro atoms. The Hall–Kier alpha value is -2.30. The zero-order valence-electron chi connectivity index (χ0n) is 11.9. The van der Waals surface area contributed by atoms with Crippen LogP contribution in [0.1, 0.15) is 23.2 Å². The minimum absolute atomic E-state index is 0.0245. The predicted octanol–water partition coefficient (Wildman–Crippen LogP) is 1.56. The van der Waals surface area contributed by atoms with Gasteiger partial charge in [-0.1, -0.05) is 18.2 Å². The summed E-state index contributed by atoms with van der Waals surface area (Å²) in [4.78, 5) is 11.8. The van der Waals surface area contributed by atoms with Gasteiger partial charge < -0.3 is 11.1 Å². The fraction of sp³-hybridized carbons (Fsp3) is 0.333. The number of aryl methyl sites for hydroxylation is 2. The molecular weight excluding hydrogens is 252 g/mol. The van der Waals surface area contributed by atoms with Crippen molar-refractivity contribution in [3.8, 4) is 0 Å². The molecule has 1 heterocycles. The topological polar surface area (TPSA) is 72.9 Å². The van der Waals surface area contributed by atoms with E-state index < -0.39 is 0 Å². The van der Waals surface area contributed by atoms with Crippen molar-refractivity contribution >= 4 is 11.6 Å². The second-order valence-corrected chi connectivity index (χ2v) is 4.85. The van der Waals surface area contributed by atoms with Gasteiger partial charge in [0.1, 0.15) is 0 Å². The van der Waals surface area contributed by atoms with Gasteiger partial charge in [0.05, 0.1) is 6.20 Å². The van der Waals surface area contributed by atoms with Crippen LogP contribution in [-0.2, 0) is 24.8 Å². The quantitative estimate of drug-likeness (QED) is 0.811. The third-order valence-electron chi connectivity index (χ3n) is 3.49. The molecule has 20 heavy (non-hydrogen) atoms. The molecule has 0 saturated heterocycles. The molecular formula is C15H20N4O. The fourth-order valence-electron chi connectivity index (χ4n) is 2.01. The number of nitrogens with one attached hydrogen (secondary N) is 1. The molecule has 0 saturated carbocycles. The van der Waals surface area contributed by atoms with E-state index in [1.54, 1.807) is 10.9 Å². The van der Waals surface area contributed by atoms with Gasteiger partial charge in [0, 0.05) is 37.0 Å². The molecule has 1 aromatic heterocycles. The maximum Gasteiger partial charge on any atom is 0.220 e. The molecule has 0 aliphatic rings. The number of anilines is 1. The number of benzene rings is 1. The molecule has 0 unspecified atom stereocenters. The van der Waals surface area contributed by atoms with Crippen molar-refractivity contribution in [2.24, 2.45) is 7.05 Å². The minimum Gasteiger partial charge on any atom is -0.399 e. The molecule has 0 aliphatic heterocycles. The normalized spacial score (nSPS) is 10.5. The van der Waals surface area contributed by atoms with Crippen molar-refractivity contribution in [3.05, 3.63) is 47.3 Å². The van der Waals surface area contributed by atoms with Gasteiger partial charge in [-0.25, -0.2) is 0 Å². The average Bonchev–Trinajstić information content (AvgIpc) is 2.76. The van der Waals surface area contributed by atoms with E-state index in [0.29, 0.717) is 19.4 Å². The van der Waals surface area contributed by atoms with Crippen molar-refractivity contribution in [2.45, 2.75) is 26.3 Å². The zero-order valence-corrected chi connectivity index (χ0v) is 11.9. The standard InChI is InChI=1S/C15H20N4O/c1-11-13(10-18-19(11)2)9-17-15(20)8-7-12-5-3-4-6-14(12)16/h3-6,10H,7-9,16H2,1-2H3,(H,17,20). The molecule has 3 N–H and O–H groups in total. The van der Waals surface area contributed by atoms with Crippen LogP contribution < -0.4 is 11.1 Å². The van der Waals surface area contributed by atoms with Crippen LogP contribution in [0.25, 0.3) is 0 Å². The number of hydrogen-bond acceptors (Lipinski definition) is 3. The Labute approximate surface area is 118 Å². The molecule has 106 valence electrons. The summed E-state index contributed by atoms with van der Waals surface area (Å²) in [6, 6.07) is 7.63. The van der Waals surface area contributed by atoms with Crippen molar-refractivity contribution in [1.29, 1.82) is 0 Å². The highest BCUT2D eigenvalue weighted by atomic mass is 16.1. The molecule has 5 heteroatoms. The molecule has 1 aromatic carbocycles. The van der Waals surface area contributed by atoms with Crippen LogP contribution >= 0.6 is 0 Å². The van der Waals surface area contributed by atoms with Crippen molar-refractivity contribution < 1.29 is 4.79 Å². The van der Waals surface area contributed by atoms with Gasteiger partial charge in [-0.15, -0.1) is 0 Å². The summed E-state index contributed by atoms with van der Waals surface area (Å²) in [6.45, 7) is 2.50. The van der Waals surface area contributed by atoms with E-state index in [1.165, 1.54) is 0 Å². The second-order valence-electron chi connectivity index (χ2n) is 4.85. The monoisotopic (exact) mass is 272 g/mol. The molecule has 0 fully saturated rings. The zero-order chi connectivity index (χ0) is 14.5. The number of para-hydroxylation sites is 1. The van der Waals surface area contributed by atoms with E-state index in [9.17, 15) is 4.79 Å². The third-order valence-corrected chi connectivity index (χ3v) is 3.49. The first kappa shape index (κ1) is 14.1. The van der Waals surface area contributed by atoms with Gasteiger partial charge in [-0.05, 0) is 25.0 Å². The maximum absolute atomic E-state index is 11.8. The summed E-state index contributed by atoms with van der Waals surface area (Å²) < 4.78 is 1.80. The lowest BCUT2D eigenvalue weighted by atomic mass is 10.1. The van der Waals surface area contributed by atoms with Crippen LogP contribution in [-0.4, -0.2) is 15.7 Å². The minimum atomic E-state index is 0.0245. The largest absolute Gasteiger partial charge is 0.399 e. The Bertz CT molecular complexity index is 604. The van der Waals surface area contributed by atoms with E-state index in [-0.39, 0.29) is 5.91 Å². The highest BCUT2D eigenvalue weighted by Gasteiger charge is 2.07. The van der Waals surface area contributed by atoms with Gasteiger partial charge in [-0.3, -0.25) is 9.48 Å². The first-order chi connectivity index (χ1) is 9.58. The van der Waals surface area contributed by atoms with E-state index in [2.05, 4.69) is 10.4 Å². The molecule has 0 radical (unpaired) electrons. The Morgan fingerprint density at radius 2 is 2.10 bits per heavy atom. The molecule has 0 atom stereocenters. The van der Waals surface area contributed by atoms with Crippen molar-refractivity contribution in [1.82, 2.24) is 15.1 Å². The van der Waals surface area contributed by atoms with Crippen LogP contribution in [0.15, 0.2) is 30.5 Å². The first-order valence-corrected chi connectivity index (χ1v) is 6.65. The molecule has 0 aliphatic carbocycles. The van der Waals surface area contributed by atoms with E-state index >= 15 is 0 Å². The van der Waals surface area contributed by atoms with Crippen LogP contribution in [0.4, 0.5) is 5.69 Å². The summed E-state index contributed by atoms with van der Waals surface area (Å²) in [5.74, 6) is 0.0245. The van der Waals surface area contributed by atoms with Gasteiger partial charge in [-0.2, -0.15) is 5.10 Å². The molecule has 0 bridgehead atoms.